The molecule has 0 bridgehead atoms. The number of rotatable bonds is 3. The van der Waals surface area contributed by atoms with Crippen LogP contribution < -0.4 is 0 Å². The number of carbonyl (C=O) groups is 2. The normalized spacial score (nSPS) is 9.57. The lowest BCUT2D eigenvalue weighted by Gasteiger charge is -1.95. The molecule has 1 aromatic heterocycles. The molecule has 0 aliphatic heterocycles. The standard InChI is InChI=1S/C9H10O5/c1-12-8(10)5-6-3-4-7(14-6)9(11)13-2/h3-4H,5H2,1-2H3. The molecule has 0 N–H and O–H groups in total. The van der Waals surface area contributed by atoms with Crippen molar-refractivity contribution in [3.05, 3.63) is 23.7 Å². The van der Waals surface area contributed by atoms with Crippen LogP contribution in [0.3, 0.4) is 0 Å². The van der Waals surface area contributed by atoms with Crippen molar-refractivity contribution in [3.8, 4) is 0 Å². The molecule has 1 heterocycles. The van der Waals surface area contributed by atoms with Crippen LogP contribution in [0.1, 0.15) is 16.3 Å². The van der Waals surface area contributed by atoms with Crippen molar-refractivity contribution in [2.24, 2.45) is 0 Å². The van der Waals surface area contributed by atoms with E-state index in [1.54, 1.807) is 0 Å². The van der Waals surface area contributed by atoms with Crippen molar-refractivity contribution in [1.82, 2.24) is 0 Å². The minimum atomic E-state index is -0.568. The Labute approximate surface area is 80.6 Å². The molecule has 0 saturated carbocycles. The van der Waals surface area contributed by atoms with E-state index in [4.69, 9.17) is 4.42 Å². The average Bonchev–Trinajstić information content (AvgIpc) is 2.65. The Hall–Kier alpha value is -1.78. The smallest absolute Gasteiger partial charge is 0.373 e. The number of esters is 2. The van der Waals surface area contributed by atoms with E-state index in [2.05, 4.69) is 9.47 Å². The Morgan fingerprint density at radius 1 is 1.29 bits per heavy atom. The lowest BCUT2D eigenvalue weighted by Crippen LogP contribution is -2.03. The van der Waals surface area contributed by atoms with Crippen LogP contribution in [0.4, 0.5) is 0 Å². The minimum absolute atomic E-state index is 0.00743. The fraction of sp³-hybridized carbons (Fsp3) is 0.333. The number of hydrogen-bond acceptors (Lipinski definition) is 5. The van der Waals surface area contributed by atoms with E-state index in [1.807, 2.05) is 0 Å². The van der Waals surface area contributed by atoms with E-state index < -0.39 is 11.9 Å². The lowest BCUT2D eigenvalue weighted by atomic mass is 10.3. The molecule has 0 aliphatic carbocycles. The van der Waals surface area contributed by atoms with Crippen LogP contribution in [-0.2, 0) is 20.7 Å². The second-order valence-corrected chi connectivity index (χ2v) is 2.51. The van der Waals surface area contributed by atoms with Gasteiger partial charge in [0.1, 0.15) is 12.2 Å². The summed E-state index contributed by atoms with van der Waals surface area (Å²) in [5, 5.41) is 0. The van der Waals surface area contributed by atoms with Crippen molar-refractivity contribution in [2.75, 3.05) is 14.2 Å². The highest BCUT2D eigenvalue weighted by Crippen LogP contribution is 2.09. The predicted molar refractivity (Wildman–Crippen MR) is 45.8 cm³/mol. The molecule has 0 atom stereocenters. The van der Waals surface area contributed by atoms with Gasteiger partial charge in [-0.1, -0.05) is 0 Å². The molecular weight excluding hydrogens is 188 g/mol. The van der Waals surface area contributed by atoms with E-state index in [0.29, 0.717) is 5.76 Å². The SMILES string of the molecule is COC(=O)Cc1ccc(C(=O)OC)o1. The zero-order chi connectivity index (χ0) is 10.6. The monoisotopic (exact) mass is 198 g/mol. The second kappa shape index (κ2) is 4.45. The van der Waals surface area contributed by atoms with Crippen LogP contribution in [0.25, 0.3) is 0 Å². The second-order valence-electron chi connectivity index (χ2n) is 2.51. The Balaban J connectivity index is 2.68. The van der Waals surface area contributed by atoms with Crippen LogP contribution in [0.2, 0.25) is 0 Å². The first-order chi connectivity index (χ1) is 6.67. The summed E-state index contributed by atoms with van der Waals surface area (Å²) in [6, 6.07) is 2.98. The van der Waals surface area contributed by atoms with E-state index in [0.717, 1.165) is 0 Å². The summed E-state index contributed by atoms with van der Waals surface area (Å²) in [5.74, 6) is -0.541. The van der Waals surface area contributed by atoms with Gasteiger partial charge in [0, 0.05) is 0 Å². The van der Waals surface area contributed by atoms with Gasteiger partial charge < -0.3 is 13.9 Å². The largest absolute Gasteiger partial charge is 0.469 e. The molecule has 1 rings (SSSR count). The van der Waals surface area contributed by atoms with E-state index >= 15 is 0 Å². The number of hydrogen-bond donors (Lipinski definition) is 0. The number of furan rings is 1. The maximum atomic E-state index is 10.9. The van der Waals surface area contributed by atoms with Gasteiger partial charge in [-0.2, -0.15) is 0 Å². The molecule has 76 valence electrons. The first-order valence-electron chi connectivity index (χ1n) is 3.91. The molecule has 0 aliphatic rings. The minimum Gasteiger partial charge on any atom is -0.469 e. The predicted octanol–water partition coefficient (Wildman–Crippen LogP) is 0.782. The quantitative estimate of drug-likeness (QED) is 0.671. The van der Waals surface area contributed by atoms with Gasteiger partial charge in [-0.15, -0.1) is 0 Å². The van der Waals surface area contributed by atoms with Gasteiger partial charge in [0.2, 0.25) is 5.76 Å². The van der Waals surface area contributed by atoms with E-state index in [1.165, 1.54) is 26.4 Å². The van der Waals surface area contributed by atoms with Gasteiger partial charge in [0.15, 0.2) is 0 Å². The molecule has 5 nitrogen and oxygen atoms in total. The van der Waals surface area contributed by atoms with Gasteiger partial charge in [0.05, 0.1) is 14.2 Å². The fourth-order valence-corrected chi connectivity index (χ4v) is 0.898. The molecular formula is C9H10O5. The van der Waals surface area contributed by atoms with Gasteiger partial charge in [0.25, 0.3) is 0 Å². The fourth-order valence-electron chi connectivity index (χ4n) is 0.898. The van der Waals surface area contributed by atoms with Crippen molar-refractivity contribution >= 4 is 11.9 Å². The third-order valence-electron chi connectivity index (χ3n) is 1.59. The Kier molecular flexibility index (Phi) is 3.28. The highest BCUT2D eigenvalue weighted by Gasteiger charge is 2.13. The number of ether oxygens (including phenoxy) is 2. The Morgan fingerprint density at radius 2 is 2.00 bits per heavy atom. The topological polar surface area (TPSA) is 65.7 Å². The van der Waals surface area contributed by atoms with Gasteiger partial charge in [-0.3, -0.25) is 4.79 Å². The molecule has 0 amide bonds. The zero-order valence-corrected chi connectivity index (χ0v) is 7.90. The van der Waals surface area contributed by atoms with Crippen LogP contribution in [0.5, 0.6) is 0 Å². The third kappa shape index (κ3) is 2.35. The maximum Gasteiger partial charge on any atom is 0.373 e. The summed E-state index contributed by atoms with van der Waals surface area (Å²) < 4.78 is 13.9. The lowest BCUT2D eigenvalue weighted by molar-refractivity contribution is -0.140. The summed E-state index contributed by atoms with van der Waals surface area (Å²) in [6.45, 7) is 0. The third-order valence-corrected chi connectivity index (χ3v) is 1.59. The van der Waals surface area contributed by atoms with Crippen molar-refractivity contribution in [1.29, 1.82) is 0 Å². The number of methoxy groups -OCH3 is 2. The van der Waals surface area contributed by atoms with Crippen LogP contribution in [-0.4, -0.2) is 26.2 Å². The summed E-state index contributed by atoms with van der Waals surface area (Å²) >= 11 is 0. The van der Waals surface area contributed by atoms with E-state index in [-0.39, 0.29) is 12.2 Å². The zero-order valence-electron chi connectivity index (χ0n) is 7.90. The molecule has 0 spiro atoms. The van der Waals surface area contributed by atoms with Crippen molar-refractivity contribution in [3.63, 3.8) is 0 Å². The summed E-state index contributed by atoms with van der Waals surface area (Å²) in [7, 11) is 2.54. The molecule has 0 aromatic carbocycles. The highest BCUT2D eigenvalue weighted by molar-refractivity contribution is 5.86. The Morgan fingerprint density at radius 3 is 2.57 bits per heavy atom. The Bertz CT molecular complexity index is 339. The molecule has 0 saturated heterocycles. The number of carbonyl (C=O) groups excluding carboxylic acids is 2. The first kappa shape index (κ1) is 10.3. The van der Waals surface area contributed by atoms with Crippen LogP contribution in [0, 0.1) is 0 Å². The van der Waals surface area contributed by atoms with Gasteiger partial charge in [-0.25, -0.2) is 4.79 Å². The van der Waals surface area contributed by atoms with Crippen molar-refractivity contribution < 1.29 is 23.5 Å². The summed E-state index contributed by atoms with van der Waals surface area (Å²) in [4.78, 5) is 21.8. The molecule has 5 heteroatoms. The summed E-state index contributed by atoms with van der Waals surface area (Å²) in [6.07, 6.45) is 0.00743. The summed E-state index contributed by atoms with van der Waals surface area (Å²) in [5.41, 5.74) is 0. The van der Waals surface area contributed by atoms with Crippen LogP contribution >= 0.6 is 0 Å². The van der Waals surface area contributed by atoms with Gasteiger partial charge >= 0.3 is 11.9 Å². The molecule has 14 heavy (non-hydrogen) atoms. The van der Waals surface area contributed by atoms with Gasteiger partial charge in [-0.05, 0) is 12.1 Å². The molecule has 0 unspecified atom stereocenters. The average molecular weight is 198 g/mol. The highest BCUT2D eigenvalue weighted by atomic mass is 16.5. The first-order valence-corrected chi connectivity index (χ1v) is 3.91. The van der Waals surface area contributed by atoms with Crippen molar-refractivity contribution in [2.45, 2.75) is 6.42 Å². The maximum absolute atomic E-state index is 10.9. The molecule has 0 fully saturated rings. The van der Waals surface area contributed by atoms with Crippen LogP contribution in [0.15, 0.2) is 16.5 Å². The molecule has 0 radical (unpaired) electrons. The molecule has 1 aromatic rings. The van der Waals surface area contributed by atoms with E-state index in [9.17, 15) is 9.59 Å².